The first-order chi connectivity index (χ1) is 13.2. The summed E-state index contributed by atoms with van der Waals surface area (Å²) in [4.78, 5) is 14.9. The monoisotopic (exact) mass is 370 g/mol. The van der Waals surface area contributed by atoms with Gasteiger partial charge in [0.05, 0.1) is 26.9 Å². The topological polar surface area (TPSA) is 60.0 Å². The summed E-state index contributed by atoms with van der Waals surface area (Å²) in [6.07, 6.45) is 0. The Morgan fingerprint density at radius 3 is 2.52 bits per heavy atom. The minimum Gasteiger partial charge on any atom is -0.493 e. The van der Waals surface area contributed by atoms with E-state index in [-0.39, 0.29) is 5.91 Å². The summed E-state index contributed by atoms with van der Waals surface area (Å²) in [7, 11) is 1.56. The van der Waals surface area contributed by atoms with Crippen molar-refractivity contribution in [3.05, 3.63) is 53.6 Å². The lowest BCUT2D eigenvalue weighted by molar-refractivity contribution is 0.0342. The molecule has 1 saturated heterocycles. The Balaban J connectivity index is 1.61. The molecule has 1 N–H and O–H groups in total. The molecular formula is C21H26N2O4. The van der Waals surface area contributed by atoms with E-state index in [1.54, 1.807) is 25.3 Å². The van der Waals surface area contributed by atoms with E-state index in [0.717, 1.165) is 38.5 Å². The van der Waals surface area contributed by atoms with Crippen molar-refractivity contribution in [3.63, 3.8) is 0 Å². The van der Waals surface area contributed by atoms with Crippen molar-refractivity contribution >= 4 is 11.6 Å². The molecule has 1 aliphatic rings. The number of rotatable bonds is 7. The van der Waals surface area contributed by atoms with Gasteiger partial charge in [-0.15, -0.1) is 0 Å². The van der Waals surface area contributed by atoms with Crippen LogP contribution in [0.15, 0.2) is 42.5 Å². The number of methoxy groups -OCH3 is 1. The van der Waals surface area contributed by atoms with Gasteiger partial charge in [0.25, 0.3) is 5.91 Å². The van der Waals surface area contributed by atoms with Crippen molar-refractivity contribution in [2.24, 2.45) is 0 Å². The number of ether oxygens (including phenoxy) is 3. The second kappa shape index (κ2) is 9.39. The van der Waals surface area contributed by atoms with Gasteiger partial charge in [-0.25, -0.2) is 0 Å². The van der Waals surface area contributed by atoms with Gasteiger partial charge in [0, 0.05) is 30.9 Å². The molecule has 0 aliphatic carbocycles. The third-order valence-electron chi connectivity index (χ3n) is 4.45. The summed E-state index contributed by atoms with van der Waals surface area (Å²) in [5.41, 5.74) is 2.50. The molecule has 0 aromatic heterocycles. The average molecular weight is 370 g/mol. The van der Waals surface area contributed by atoms with E-state index in [0.29, 0.717) is 23.7 Å². The molecule has 2 aromatic carbocycles. The van der Waals surface area contributed by atoms with Crippen LogP contribution in [0, 0.1) is 0 Å². The van der Waals surface area contributed by atoms with Crippen molar-refractivity contribution in [1.29, 1.82) is 0 Å². The second-order valence-corrected chi connectivity index (χ2v) is 6.34. The predicted molar refractivity (Wildman–Crippen MR) is 105 cm³/mol. The molecule has 0 spiro atoms. The first kappa shape index (κ1) is 19.2. The summed E-state index contributed by atoms with van der Waals surface area (Å²) in [5, 5.41) is 2.92. The Morgan fingerprint density at radius 2 is 1.85 bits per heavy atom. The first-order valence-electron chi connectivity index (χ1n) is 9.21. The largest absolute Gasteiger partial charge is 0.493 e. The van der Waals surface area contributed by atoms with Crippen LogP contribution >= 0.6 is 0 Å². The lowest BCUT2D eigenvalue weighted by Gasteiger charge is -2.26. The smallest absolute Gasteiger partial charge is 0.255 e. The molecule has 3 rings (SSSR count). The number of carbonyl (C=O) groups excluding carboxylic acids is 1. The Morgan fingerprint density at radius 1 is 1.11 bits per heavy atom. The molecule has 1 amide bonds. The van der Waals surface area contributed by atoms with Crippen LogP contribution in [0.4, 0.5) is 5.69 Å². The Hall–Kier alpha value is -2.57. The van der Waals surface area contributed by atoms with Crippen LogP contribution in [0.25, 0.3) is 0 Å². The van der Waals surface area contributed by atoms with Gasteiger partial charge in [-0.2, -0.15) is 0 Å². The fourth-order valence-electron chi connectivity index (χ4n) is 3.00. The summed E-state index contributed by atoms with van der Waals surface area (Å²) in [6.45, 7) is 6.84. The Labute approximate surface area is 160 Å². The number of carbonyl (C=O) groups is 1. The zero-order valence-electron chi connectivity index (χ0n) is 15.9. The number of morpholine rings is 1. The average Bonchev–Trinajstić information content (AvgIpc) is 2.70. The standard InChI is InChI=1S/C21H26N2O4/c1-3-27-19-9-6-17(14-20(19)25-2)21(24)22-18-7-4-16(5-8-18)15-23-10-12-26-13-11-23/h4-9,14H,3,10-13,15H2,1-2H3,(H,22,24). The zero-order chi connectivity index (χ0) is 19.1. The van der Waals surface area contributed by atoms with Crippen LogP contribution in [0.5, 0.6) is 11.5 Å². The van der Waals surface area contributed by atoms with Gasteiger partial charge in [0.2, 0.25) is 0 Å². The quantitative estimate of drug-likeness (QED) is 0.811. The molecule has 0 radical (unpaired) electrons. The summed E-state index contributed by atoms with van der Waals surface area (Å²) in [6, 6.07) is 13.1. The van der Waals surface area contributed by atoms with Gasteiger partial charge >= 0.3 is 0 Å². The lowest BCUT2D eigenvalue weighted by atomic mass is 10.1. The highest BCUT2D eigenvalue weighted by atomic mass is 16.5. The predicted octanol–water partition coefficient (Wildman–Crippen LogP) is 3.18. The number of benzene rings is 2. The number of amides is 1. The molecule has 6 heteroatoms. The van der Waals surface area contributed by atoms with E-state index in [4.69, 9.17) is 14.2 Å². The SMILES string of the molecule is CCOc1ccc(C(=O)Nc2ccc(CN3CCOCC3)cc2)cc1OC. The van der Waals surface area contributed by atoms with E-state index in [1.807, 2.05) is 31.2 Å². The maximum Gasteiger partial charge on any atom is 0.255 e. The van der Waals surface area contributed by atoms with Crippen LogP contribution in [-0.4, -0.2) is 50.8 Å². The molecule has 1 fully saturated rings. The third kappa shape index (κ3) is 5.21. The van der Waals surface area contributed by atoms with E-state index < -0.39 is 0 Å². The number of anilines is 1. The number of hydrogen-bond acceptors (Lipinski definition) is 5. The molecule has 1 aliphatic heterocycles. The number of hydrogen-bond donors (Lipinski definition) is 1. The maximum atomic E-state index is 12.5. The molecule has 2 aromatic rings. The summed E-state index contributed by atoms with van der Waals surface area (Å²) < 4.78 is 16.2. The van der Waals surface area contributed by atoms with Crippen LogP contribution in [0.2, 0.25) is 0 Å². The van der Waals surface area contributed by atoms with Crippen LogP contribution in [-0.2, 0) is 11.3 Å². The third-order valence-corrected chi connectivity index (χ3v) is 4.45. The summed E-state index contributed by atoms with van der Waals surface area (Å²) >= 11 is 0. The highest BCUT2D eigenvalue weighted by Gasteiger charge is 2.13. The fourth-order valence-corrected chi connectivity index (χ4v) is 3.00. The summed E-state index contributed by atoms with van der Waals surface area (Å²) in [5.74, 6) is 0.992. The molecule has 27 heavy (non-hydrogen) atoms. The van der Waals surface area contributed by atoms with Gasteiger partial charge < -0.3 is 19.5 Å². The van der Waals surface area contributed by atoms with Crippen LogP contribution < -0.4 is 14.8 Å². The van der Waals surface area contributed by atoms with Gasteiger partial charge in [-0.3, -0.25) is 9.69 Å². The van der Waals surface area contributed by atoms with Gasteiger partial charge in [0.15, 0.2) is 11.5 Å². The van der Waals surface area contributed by atoms with E-state index in [2.05, 4.69) is 10.2 Å². The Kier molecular flexibility index (Phi) is 6.68. The van der Waals surface area contributed by atoms with Crippen molar-refractivity contribution < 1.29 is 19.0 Å². The molecule has 144 valence electrons. The molecule has 1 heterocycles. The van der Waals surface area contributed by atoms with Crippen LogP contribution in [0.3, 0.4) is 0 Å². The first-order valence-corrected chi connectivity index (χ1v) is 9.21. The minimum absolute atomic E-state index is 0.183. The minimum atomic E-state index is -0.183. The van der Waals surface area contributed by atoms with Gasteiger partial charge in [-0.1, -0.05) is 12.1 Å². The van der Waals surface area contributed by atoms with Crippen molar-refractivity contribution in [1.82, 2.24) is 4.90 Å². The van der Waals surface area contributed by atoms with Gasteiger partial charge in [0.1, 0.15) is 0 Å². The normalized spacial score (nSPS) is 14.6. The second-order valence-electron chi connectivity index (χ2n) is 6.34. The van der Waals surface area contributed by atoms with Crippen molar-refractivity contribution in [3.8, 4) is 11.5 Å². The van der Waals surface area contributed by atoms with E-state index in [1.165, 1.54) is 5.56 Å². The molecule has 0 unspecified atom stereocenters. The number of nitrogens with one attached hydrogen (secondary N) is 1. The molecule has 0 atom stereocenters. The maximum absolute atomic E-state index is 12.5. The Bertz CT molecular complexity index is 755. The van der Waals surface area contributed by atoms with Crippen LogP contribution in [0.1, 0.15) is 22.8 Å². The van der Waals surface area contributed by atoms with Crippen molar-refractivity contribution in [2.45, 2.75) is 13.5 Å². The fraction of sp³-hybridized carbons (Fsp3) is 0.381. The molecule has 0 saturated carbocycles. The molecular weight excluding hydrogens is 344 g/mol. The highest BCUT2D eigenvalue weighted by molar-refractivity contribution is 6.04. The lowest BCUT2D eigenvalue weighted by Crippen LogP contribution is -2.35. The van der Waals surface area contributed by atoms with E-state index in [9.17, 15) is 4.79 Å². The highest BCUT2D eigenvalue weighted by Crippen LogP contribution is 2.28. The van der Waals surface area contributed by atoms with Gasteiger partial charge in [-0.05, 0) is 42.8 Å². The van der Waals surface area contributed by atoms with Crippen molar-refractivity contribution in [2.75, 3.05) is 45.3 Å². The molecule has 0 bridgehead atoms. The zero-order valence-corrected chi connectivity index (χ0v) is 15.9. The van der Waals surface area contributed by atoms with E-state index >= 15 is 0 Å². The number of nitrogens with zero attached hydrogens (tertiary/aromatic N) is 1. The molecule has 6 nitrogen and oxygen atoms in total.